The molecule has 0 atom stereocenters. The second-order valence-corrected chi connectivity index (χ2v) is 3.93. The molecule has 0 aliphatic rings. The number of hydrogen-bond acceptors (Lipinski definition) is 1. The average Bonchev–Trinajstić information content (AvgIpc) is 1.99. The summed E-state index contributed by atoms with van der Waals surface area (Å²) in [4.78, 5) is 0. The fourth-order valence-corrected chi connectivity index (χ4v) is 1.99. The van der Waals surface area contributed by atoms with Crippen molar-refractivity contribution in [3.63, 3.8) is 0 Å². The third kappa shape index (κ3) is 2.88. The van der Waals surface area contributed by atoms with Gasteiger partial charge in [-0.3, -0.25) is 0 Å². The summed E-state index contributed by atoms with van der Waals surface area (Å²) in [7, 11) is 0. The maximum atomic E-state index is 5.22. The van der Waals surface area contributed by atoms with Crippen LogP contribution in [0, 0.1) is 12.3 Å². The Labute approximate surface area is 88.4 Å². The highest BCUT2D eigenvalue weighted by atomic mass is 79.9. The Morgan fingerprint density at radius 2 is 1.83 bits per heavy atom. The van der Waals surface area contributed by atoms with Crippen LogP contribution in [0.2, 0.25) is 0 Å². The van der Waals surface area contributed by atoms with Crippen LogP contribution in [0.3, 0.4) is 0 Å². The second-order valence-electron chi connectivity index (χ2n) is 2.10. The van der Waals surface area contributed by atoms with Gasteiger partial charge in [0.25, 0.3) is 0 Å². The molecular formula is C9H6Br2O. The molecule has 0 aliphatic heterocycles. The zero-order valence-electron chi connectivity index (χ0n) is 6.18. The van der Waals surface area contributed by atoms with Gasteiger partial charge in [-0.25, -0.2) is 0 Å². The van der Waals surface area contributed by atoms with E-state index >= 15 is 0 Å². The molecule has 1 nitrogen and oxygen atoms in total. The number of ether oxygens (including phenoxy) is 1. The first-order valence-electron chi connectivity index (χ1n) is 3.25. The average molecular weight is 290 g/mol. The van der Waals surface area contributed by atoms with E-state index in [1.165, 1.54) is 0 Å². The number of rotatable bonds is 2. The number of hydrogen-bond donors (Lipinski definition) is 0. The molecule has 0 aromatic heterocycles. The first-order valence-corrected chi connectivity index (χ1v) is 4.83. The van der Waals surface area contributed by atoms with Crippen LogP contribution in [0.5, 0.6) is 5.75 Å². The van der Waals surface area contributed by atoms with Gasteiger partial charge in [0.15, 0.2) is 0 Å². The van der Waals surface area contributed by atoms with Gasteiger partial charge in [0.05, 0.1) is 0 Å². The maximum absolute atomic E-state index is 5.22. The molecule has 0 unspecified atom stereocenters. The molecule has 0 saturated heterocycles. The summed E-state index contributed by atoms with van der Waals surface area (Å²) < 4.78 is 7.14. The van der Waals surface area contributed by atoms with E-state index < -0.39 is 0 Å². The van der Waals surface area contributed by atoms with Gasteiger partial charge in [0.1, 0.15) is 12.4 Å². The minimum absolute atomic E-state index is 0.295. The standard InChI is InChI=1S/C9H6Br2O/c1-2-3-12-9-5-7(10)4-8(11)6-9/h1,4-6H,3H2. The number of benzene rings is 1. The summed E-state index contributed by atoms with van der Waals surface area (Å²) in [6.45, 7) is 0.295. The highest BCUT2D eigenvalue weighted by molar-refractivity contribution is 9.11. The second kappa shape index (κ2) is 4.54. The zero-order valence-corrected chi connectivity index (χ0v) is 9.35. The highest BCUT2D eigenvalue weighted by Crippen LogP contribution is 2.24. The number of halogens is 2. The van der Waals surface area contributed by atoms with E-state index in [1.54, 1.807) is 0 Å². The Bertz CT molecular complexity index is 295. The molecule has 0 N–H and O–H groups in total. The predicted molar refractivity (Wildman–Crippen MR) is 56.2 cm³/mol. The van der Waals surface area contributed by atoms with Crippen molar-refractivity contribution in [1.82, 2.24) is 0 Å². The van der Waals surface area contributed by atoms with Crippen molar-refractivity contribution in [1.29, 1.82) is 0 Å². The third-order valence-corrected chi connectivity index (χ3v) is 2.07. The predicted octanol–water partition coefficient (Wildman–Crippen LogP) is 3.22. The van der Waals surface area contributed by atoms with E-state index in [1.807, 2.05) is 18.2 Å². The lowest BCUT2D eigenvalue weighted by Gasteiger charge is -2.02. The normalized spacial score (nSPS) is 9.08. The van der Waals surface area contributed by atoms with Crippen molar-refractivity contribution in [3.05, 3.63) is 27.1 Å². The van der Waals surface area contributed by atoms with Crippen molar-refractivity contribution in [2.75, 3.05) is 6.61 Å². The fourth-order valence-electron chi connectivity index (χ4n) is 0.737. The molecule has 0 bridgehead atoms. The molecule has 0 fully saturated rings. The summed E-state index contributed by atoms with van der Waals surface area (Å²) in [5.41, 5.74) is 0. The number of terminal acetylenes is 1. The van der Waals surface area contributed by atoms with Crippen LogP contribution in [0.4, 0.5) is 0 Å². The van der Waals surface area contributed by atoms with Gasteiger partial charge in [-0.1, -0.05) is 37.8 Å². The van der Waals surface area contributed by atoms with Crippen molar-refractivity contribution >= 4 is 31.9 Å². The molecule has 1 aromatic rings. The van der Waals surface area contributed by atoms with E-state index in [2.05, 4.69) is 37.8 Å². The lowest BCUT2D eigenvalue weighted by molar-refractivity contribution is 0.370. The first kappa shape index (κ1) is 9.63. The Morgan fingerprint density at radius 3 is 2.33 bits per heavy atom. The van der Waals surface area contributed by atoms with E-state index in [9.17, 15) is 0 Å². The Balaban J connectivity index is 2.80. The molecule has 0 saturated carbocycles. The largest absolute Gasteiger partial charge is 0.481 e. The minimum atomic E-state index is 0.295. The van der Waals surface area contributed by atoms with Gasteiger partial charge >= 0.3 is 0 Å². The molecule has 1 rings (SSSR count). The van der Waals surface area contributed by atoms with Crippen LogP contribution in [0.25, 0.3) is 0 Å². The third-order valence-electron chi connectivity index (χ3n) is 1.16. The SMILES string of the molecule is C#CCOc1cc(Br)cc(Br)c1. The first-order chi connectivity index (χ1) is 5.72. The molecule has 0 amide bonds. The van der Waals surface area contributed by atoms with Crippen LogP contribution in [0.1, 0.15) is 0 Å². The molecule has 3 heteroatoms. The molecule has 0 aliphatic carbocycles. The molecule has 0 spiro atoms. The Hall–Kier alpha value is -0.460. The zero-order chi connectivity index (χ0) is 8.97. The smallest absolute Gasteiger partial charge is 0.148 e. The van der Waals surface area contributed by atoms with Crippen molar-refractivity contribution in [3.8, 4) is 18.1 Å². The fraction of sp³-hybridized carbons (Fsp3) is 0.111. The summed E-state index contributed by atoms with van der Waals surface area (Å²) in [5.74, 6) is 3.16. The monoisotopic (exact) mass is 288 g/mol. The van der Waals surface area contributed by atoms with E-state index in [0.717, 1.165) is 14.7 Å². The van der Waals surface area contributed by atoms with Crippen molar-refractivity contribution < 1.29 is 4.74 Å². The van der Waals surface area contributed by atoms with E-state index in [0.29, 0.717) is 6.61 Å². The van der Waals surface area contributed by atoms with E-state index in [4.69, 9.17) is 11.2 Å². The van der Waals surface area contributed by atoms with Gasteiger partial charge in [0.2, 0.25) is 0 Å². The summed E-state index contributed by atoms with van der Waals surface area (Å²) in [6.07, 6.45) is 5.05. The van der Waals surface area contributed by atoms with Gasteiger partial charge in [-0.15, -0.1) is 6.42 Å². The lowest BCUT2D eigenvalue weighted by atomic mass is 10.3. The van der Waals surface area contributed by atoms with Crippen LogP contribution in [-0.2, 0) is 0 Å². The summed E-state index contributed by atoms with van der Waals surface area (Å²) in [5, 5.41) is 0. The van der Waals surface area contributed by atoms with Crippen molar-refractivity contribution in [2.45, 2.75) is 0 Å². The molecule has 0 radical (unpaired) electrons. The van der Waals surface area contributed by atoms with Crippen LogP contribution in [0.15, 0.2) is 27.1 Å². The molecular weight excluding hydrogens is 284 g/mol. The van der Waals surface area contributed by atoms with Crippen molar-refractivity contribution in [2.24, 2.45) is 0 Å². The van der Waals surface area contributed by atoms with Gasteiger partial charge in [0, 0.05) is 8.95 Å². The highest BCUT2D eigenvalue weighted by Gasteiger charge is 1.96. The molecule has 0 heterocycles. The topological polar surface area (TPSA) is 9.23 Å². The van der Waals surface area contributed by atoms with Crippen LogP contribution >= 0.6 is 31.9 Å². The molecule has 12 heavy (non-hydrogen) atoms. The molecule has 1 aromatic carbocycles. The van der Waals surface area contributed by atoms with Gasteiger partial charge in [-0.05, 0) is 18.2 Å². The minimum Gasteiger partial charge on any atom is -0.481 e. The molecule has 62 valence electrons. The van der Waals surface area contributed by atoms with Crippen LogP contribution in [-0.4, -0.2) is 6.61 Å². The Kier molecular flexibility index (Phi) is 3.64. The summed E-state index contributed by atoms with van der Waals surface area (Å²) >= 11 is 6.69. The van der Waals surface area contributed by atoms with Gasteiger partial charge in [-0.2, -0.15) is 0 Å². The maximum Gasteiger partial charge on any atom is 0.148 e. The lowest BCUT2D eigenvalue weighted by Crippen LogP contribution is -1.92. The quantitative estimate of drug-likeness (QED) is 0.760. The Morgan fingerprint density at radius 1 is 1.25 bits per heavy atom. The van der Waals surface area contributed by atoms with Crippen LogP contribution < -0.4 is 4.74 Å². The van der Waals surface area contributed by atoms with Gasteiger partial charge < -0.3 is 4.74 Å². The summed E-state index contributed by atoms with van der Waals surface area (Å²) in [6, 6.07) is 5.66. The van der Waals surface area contributed by atoms with E-state index in [-0.39, 0.29) is 0 Å².